The smallest absolute Gasteiger partial charge is 0.298 e. The lowest BCUT2D eigenvalue weighted by Gasteiger charge is -2.23. The second-order valence-corrected chi connectivity index (χ2v) is 4.90. The van der Waals surface area contributed by atoms with Gasteiger partial charge in [0, 0.05) is 6.54 Å². The number of nitrogens with zero attached hydrogens (tertiary/aromatic N) is 1. The average molecular weight is 266 g/mol. The molecule has 1 aliphatic rings. The van der Waals surface area contributed by atoms with Crippen LogP contribution in [0.15, 0.2) is 12.7 Å². The van der Waals surface area contributed by atoms with Crippen molar-refractivity contribution in [2.75, 3.05) is 26.7 Å². The molecule has 0 bridgehead atoms. The zero-order chi connectivity index (χ0) is 13.3. The van der Waals surface area contributed by atoms with E-state index in [9.17, 15) is 8.42 Å². The monoisotopic (exact) mass is 266 g/mol. The van der Waals surface area contributed by atoms with Gasteiger partial charge >= 0.3 is 10.4 Å². The van der Waals surface area contributed by atoms with E-state index in [0.29, 0.717) is 6.17 Å². The van der Waals surface area contributed by atoms with E-state index in [0.717, 1.165) is 13.7 Å². The molecule has 17 heavy (non-hydrogen) atoms. The summed E-state index contributed by atoms with van der Waals surface area (Å²) in [5.41, 5.74) is 0. The Morgan fingerprint density at radius 2 is 2.00 bits per heavy atom. The minimum absolute atomic E-state index is 0.524. The zero-order valence-corrected chi connectivity index (χ0v) is 11.2. The van der Waals surface area contributed by atoms with Gasteiger partial charge in [-0.25, -0.2) is 0 Å². The summed E-state index contributed by atoms with van der Waals surface area (Å²) in [6.45, 7) is 9.32. The molecule has 1 heterocycles. The summed E-state index contributed by atoms with van der Waals surface area (Å²) in [5, 5.41) is 3.38. The minimum atomic E-state index is -4.16. The molecule has 1 rings (SSSR count). The molecule has 0 aromatic carbocycles. The maximum atomic E-state index is 9.33. The Balaban J connectivity index is 0.000000366. The van der Waals surface area contributed by atoms with Gasteiger partial charge in [0.05, 0.1) is 13.3 Å². The van der Waals surface area contributed by atoms with E-state index >= 15 is 0 Å². The summed E-state index contributed by atoms with van der Waals surface area (Å²) < 4.78 is 29.7. The minimum Gasteiger partial charge on any atom is -0.298 e. The molecule has 1 atom stereocenters. The standard InChI is InChI=1S/C9H18N2.CH4O4S/c1-3-6-10-9(2)11-7-4-5-8-11;1-5-6(2,3)4/h3,9-10H,1,4-8H2,2H3;1H3,(H,2,3,4). The quantitative estimate of drug-likeness (QED) is 0.561. The normalized spacial score (nSPS) is 18.3. The first-order valence-corrected chi connectivity index (χ1v) is 6.88. The van der Waals surface area contributed by atoms with Crippen LogP contribution >= 0.6 is 0 Å². The maximum Gasteiger partial charge on any atom is 0.397 e. The van der Waals surface area contributed by atoms with Crippen molar-refractivity contribution in [1.29, 1.82) is 0 Å². The molecule has 7 heteroatoms. The van der Waals surface area contributed by atoms with Crippen molar-refractivity contribution in [2.24, 2.45) is 0 Å². The van der Waals surface area contributed by atoms with Gasteiger partial charge in [0.25, 0.3) is 0 Å². The molecule has 0 amide bonds. The van der Waals surface area contributed by atoms with Crippen molar-refractivity contribution in [3.63, 3.8) is 0 Å². The highest BCUT2D eigenvalue weighted by atomic mass is 32.3. The predicted molar refractivity (Wildman–Crippen MR) is 67.0 cm³/mol. The van der Waals surface area contributed by atoms with E-state index in [4.69, 9.17) is 4.55 Å². The Labute approximate surface area is 104 Å². The molecule has 0 saturated carbocycles. The highest BCUT2D eigenvalue weighted by Gasteiger charge is 2.16. The Kier molecular flexibility index (Phi) is 8.36. The van der Waals surface area contributed by atoms with E-state index in [1.165, 1.54) is 25.9 Å². The highest BCUT2D eigenvalue weighted by molar-refractivity contribution is 7.80. The lowest BCUT2D eigenvalue weighted by molar-refractivity contribution is 0.226. The van der Waals surface area contributed by atoms with Crippen LogP contribution in [0.4, 0.5) is 0 Å². The van der Waals surface area contributed by atoms with Gasteiger partial charge in [-0.05, 0) is 32.9 Å². The van der Waals surface area contributed by atoms with Crippen LogP contribution in [0.1, 0.15) is 19.8 Å². The Hall–Kier alpha value is -0.470. The van der Waals surface area contributed by atoms with Crippen LogP contribution in [0.5, 0.6) is 0 Å². The summed E-state index contributed by atoms with van der Waals surface area (Å²) in [6.07, 6.45) is 5.16. The first-order chi connectivity index (χ1) is 7.90. The fourth-order valence-corrected chi connectivity index (χ4v) is 1.51. The lowest BCUT2D eigenvalue weighted by Crippen LogP contribution is -2.41. The molecule has 2 N–H and O–H groups in total. The molecule has 1 saturated heterocycles. The highest BCUT2D eigenvalue weighted by Crippen LogP contribution is 2.09. The van der Waals surface area contributed by atoms with Crippen molar-refractivity contribution >= 4 is 10.4 Å². The molecule has 1 fully saturated rings. The van der Waals surface area contributed by atoms with Crippen molar-refractivity contribution in [3.8, 4) is 0 Å². The van der Waals surface area contributed by atoms with Crippen LogP contribution in [0.25, 0.3) is 0 Å². The number of hydrogen-bond acceptors (Lipinski definition) is 5. The van der Waals surface area contributed by atoms with Crippen molar-refractivity contribution < 1.29 is 17.2 Å². The van der Waals surface area contributed by atoms with Crippen LogP contribution in [-0.2, 0) is 14.6 Å². The Morgan fingerprint density at radius 3 is 2.35 bits per heavy atom. The molecular formula is C10H22N2O4S. The average Bonchev–Trinajstić information content (AvgIpc) is 2.79. The Morgan fingerprint density at radius 1 is 1.53 bits per heavy atom. The Bertz CT molecular complexity index is 299. The topological polar surface area (TPSA) is 78.9 Å². The van der Waals surface area contributed by atoms with Gasteiger partial charge in [-0.2, -0.15) is 8.42 Å². The van der Waals surface area contributed by atoms with Crippen molar-refractivity contribution in [1.82, 2.24) is 10.2 Å². The third kappa shape index (κ3) is 9.25. The molecule has 0 aromatic heterocycles. The van der Waals surface area contributed by atoms with Gasteiger partial charge in [0.2, 0.25) is 0 Å². The molecule has 6 nitrogen and oxygen atoms in total. The van der Waals surface area contributed by atoms with E-state index in [-0.39, 0.29) is 0 Å². The van der Waals surface area contributed by atoms with Gasteiger partial charge < -0.3 is 0 Å². The van der Waals surface area contributed by atoms with E-state index < -0.39 is 10.4 Å². The fourth-order valence-electron chi connectivity index (χ4n) is 1.51. The maximum absolute atomic E-state index is 9.33. The van der Waals surface area contributed by atoms with Gasteiger partial charge in [-0.15, -0.1) is 6.58 Å². The van der Waals surface area contributed by atoms with Crippen LogP contribution in [-0.4, -0.2) is 50.8 Å². The summed E-state index contributed by atoms with van der Waals surface area (Å²) in [5.74, 6) is 0. The van der Waals surface area contributed by atoms with E-state index in [1.807, 2.05) is 6.08 Å². The van der Waals surface area contributed by atoms with Crippen LogP contribution in [0.2, 0.25) is 0 Å². The molecule has 0 aliphatic carbocycles. The van der Waals surface area contributed by atoms with Gasteiger partial charge in [0.1, 0.15) is 0 Å². The molecule has 0 spiro atoms. The van der Waals surface area contributed by atoms with E-state index in [1.54, 1.807) is 0 Å². The first kappa shape index (κ1) is 16.5. The van der Waals surface area contributed by atoms with Crippen LogP contribution in [0, 0.1) is 0 Å². The largest absolute Gasteiger partial charge is 0.397 e. The van der Waals surface area contributed by atoms with Gasteiger partial charge in [-0.3, -0.25) is 19.0 Å². The third-order valence-electron chi connectivity index (χ3n) is 2.46. The van der Waals surface area contributed by atoms with Crippen molar-refractivity contribution in [3.05, 3.63) is 12.7 Å². The summed E-state index contributed by atoms with van der Waals surface area (Å²) >= 11 is 0. The number of likely N-dealkylation sites (tertiary alicyclic amines) is 1. The van der Waals surface area contributed by atoms with E-state index in [2.05, 4.69) is 27.9 Å². The van der Waals surface area contributed by atoms with Crippen molar-refractivity contribution in [2.45, 2.75) is 25.9 Å². The molecule has 1 unspecified atom stereocenters. The van der Waals surface area contributed by atoms with Gasteiger partial charge in [0.15, 0.2) is 0 Å². The molecule has 0 radical (unpaired) electrons. The summed E-state index contributed by atoms with van der Waals surface area (Å²) in [6, 6.07) is 0. The number of rotatable bonds is 5. The fraction of sp³-hybridized carbons (Fsp3) is 0.800. The SMILES string of the molecule is C=CCNC(C)N1CCCC1.COS(=O)(=O)O. The second-order valence-electron chi connectivity index (χ2n) is 3.71. The molecule has 1 aliphatic heterocycles. The number of hydrogen-bond donors (Lipinski definition) is 2. The molecule has 0 aromatic rings. The lowest BCUT2D eigenvalue weighted by atomic mass is 10.4. The predicted octanol–water partition coefficient (Wildman–Crippen LogP) is 0.639. The molecule has 102 valence electrons. The first-order valence-electron chi connectivity index (χ1n) is 5.52. The zero-order valence-electron chi connectivity index (χ0n) is 10.4. The summed E-state index contributed by atoms with van der Waals surface area (Å²) in [7, 11) is -3.29. The number of nitrogens with one attached hydrogen (secondary N) is 1. The summed E-state index contributed by atoms with van der Waals surface area (Å²) in [4.78, 5) is 2.48. The van der Waals surface area contributed by atoms with Gasteiger partial charge in [-0.1, -0.05) is 6.08 Å². The molecular weight excluding hydrogens is 244 g/mol. The third-order valence-corrected chi connectivity index (χ3v) is 2.88. The second kappa shape index (κ2) is 8.60. The van der Waals surface area contributed by atoms with Crippen LogP contribution < -0.4 is 5.32 Å². The van der Waals surface area contributed by atoms with Crippen LogP contribution in [0.3, 0.4) is 0 Å².